The molecule has 0 radical (unpaired) electrons. The summed E-state index contributed by atoms with van der Waals surface area (Å²) in [6.45, 7) is 2.02. The molecule has 5 heteroatoms. The highest BCUT2D eigenvalue weighted by Crippen LogP contribution is 2.24. The minimum absolute atomic E-state index is 0.417. The number of hydrogen-bond acceptors (Lipinski definition) is 4. The Bertz CT molecular complexity index is 763. The summed E-state index contributed by atoms with van der Waals surface area (Å²) in [5.74, 6) is 0.957. The molecule has 2 aromatic carbocycles. The van der Waals surface area contributed by atoms with E-state index in [0.717, 1.165) is 11.1 Å². The Morgan fingerprint density at radius 1 is 1.10 bits per heavy atom. The van der Waals surface area contributed by atoms with Crippen LogP contribution >= 0.6 is 0 Å². The SMILES string of the molecule is Cc1ccc(-c2noc(-c3cccc(NC=O)c3)n2)cc1. The van der Waals surface area contributed by atoms with E-state index in [-0.39, 0.29) is 0 Å². The molecule has 21 heavy (non-hydrogen) atoms. The van der Waals surface area contributed by atoms with Crippen LogP contribution < -0.4 is 5.32 Å². The van der Waals surface area contributed by atoms with Gasteiger partial charge in [-0.1, -0.05) is 41.1 Å². The molecule has 0 fully saturated rings. The topological polar surface area (TPSA) is 68.0 Å². The van der Waals surface area contributed by atoms with Gasteiger partial charge in [-0.3, -0.25) is 4.79 Å². The second-order valence-corrected chi connectivity index (χ2v) is 4.63. The van der Waals surface area contributed by atoms with Crippen LogP contribution in [0.25, 0.3) is 22.8 Å². The fourth-order valence-corrected chi connectivity index (χ4v) is 1.97. The molecule has 3 aromatic rings. The van der Waals surface area contributed by atoms with Gasteiger partial charge in [0, 0.05) is 16.8 Å². The fourth-order valence-electron chi connectivity index (χ4n) is 1.97. The average molecular weight is 279 g/mol. The van der Waals surface area contributed by atoms with Crippen molar-refractivity contribution in [2.24, 2.45) is 0 Å². The van der Waals surface area contributed by atoms with Gasteiger partial charge in [-0.05, 0) is 25.1 Å². The standard InChI is InChI=1S/C16H13N3O2/c1-11-5-7-12(8-6-11)15-18-16(21-19-15)13-3-2-4-14(9-13)17-10-20/h2-10H,1H3,(H,17,20). The lowest BCUT2D eigenvalue weighted by atomic mass is 10.1. The van der Waals surface area contributed by atoms with E-state index in [1.165, 1.54) is 5.56 Å². The van der Waals surface area contributed by atoms with Gasteiger partial charge in [0.25, 0.3) is 5.89 Å². The highest BCUT2D eigenvalue weighted by Gasteiger charge is 2.10. The lowest BCUT2D eigenvalue weighted by molar-refractivity contribution is -0.105. The van der Waals surface area contributed by atoms with Crippen LogP contribution in [0.15, 0.2) is 53.1 Å². The largest absolute Gasteiger partial charge is 0.334 e. The number of aromatic nitrogens is 2. The van der Waals surface area contributed by atoms with Crippen molar-refractivity contribution in [1.82, 2.24) is 10.1 Å². The minimum atomic E-state index is 0.417. The van der Waals surface area contributed by atoms with Crippen molar-refractivity contribution < 1.29 is 9.32 Å². The number of carbonyl (C=O) groups excluding carboxylic acids is 1. The maximum Gasteiger partial charge on any atom is 0.258 e. The van der Waals surface area contributed by atoms with Crippen LogP contribution in [0.5, 0.6) is 0 Å². The molecule has 1 aromatic heterocycles. The Kier molecular flexibility index (Phi) is 3.47. The van der Waals surface area contributed by atoms with Crippen molar-refractivity contribution in [3.8, 4) is 22.8 Å². The van der Waals surface area contributed by atoms with E-state index in [9.17, 15) is 4.79 Å². The van der Waals surface area contributed by atoms with Crippen LogP contribution in [0.3, 0.4) is 0 Å². The lowest BCUT2D eigenvalue weighted by Crippen LogP contribution is -1.93. The van der Waals surface area contributed by atoms with Gasteiger partial charge < -0.3 is 9.84 Å². The zero-order chi connectivity index (χ0) is 14.7. The summed E-state index contributed by atoms with van der Waals surface area (Å²) in [6, 6.07) is 15.1. The quantitative estimate of drug-likeness (QED) is 0.744. The van der Waals surface area contributed by atoms with Crippen LogP contribution in [0.2, 0.25) is 0 Å². The first-order valence-corrected chi connectivity index (χ1v) is 6.47. The second kappa shape index (κ2) is 5.58. The van der Waals surface area contributed by atoms with Crippen LogP contribution in [0.4, 0.5) is 5.69 Å². The third-order valence-electron chi connectivity index (χ3n) is 3.07. The van der Waals surface area contributed by atoms with E-state index in [1.807, 2.05) is 43.3 Å². The number of aryl methyl sites for hydroxylation is 1. The second-order valence-electron chi connectivity index (χ2n) is 4.63. The molecule has 0 aliphatic heterocycles. The third kappa shape index (κ3) is 2.81. The smallest absolute Gasteiger partial charge is 0.258 e. The number of benzene rings is 2. The zero-order valence-electron chi connectivity index (χ0n) is 11.4. The maximum absolute atomic E-state index is 10.5. The normalized spacial score (nSPS) is 10.3. The summed E-state index contributed by atoms with van der Waals surface area (Å²) in [5.41, 5.74) is 3.51. The molecular weight excluding hydrogens is 266 g/mol. The van der Waals surface area contributed by atoms with Crippen LogP contribution in [0, 0.1) is 6.92 Å². The van der Waals surface area contributed by atoms with Crippen LogP contribution in [-0.2, 0) is 4.79 Å². The Balaban J connectivity index is 1.92. The molecule has 0 atom stereocenters. The minimum Gasteiger partial charge on any atom is -0.334 e. The summed E-state index contributed by atoms with van der Waals surface area (Å²) in [5, 5.41) is 6.58. The molecule has 0 saturated carbocycles. The first-order chi connectivity index (χ1) is 10.3. The summed E-state index contributed by atoms with van der Waals surface area (Å²) in [7, 11) is 0. The van der Waals surface area contributed by atoms with Crippen molar-refractivity contribution in [3.63, 3.8) is 0 Å². The summed E-state index contributed by atoms with van der Waals surface area (Å²) < 4.78 is 5.29. The van der Waals surface area contributed by atoms with Gasteiger partial charge in [-0.2, -0.15) is 4.98 Å². The number of carbonyl (C=O) groups is 1. The highest BCUT2D eigenvalue weighted by molar-refractivity contribution is 5.74. The summed E-state index contributed by atoms with van der Waals surface area (Å²) in [4.78, 5) is 14.9. The predicted molar refractivity (Wildman–Crippen MR) is 79.6 cm³/mol. The molecular formula is C16H13N3O2. The van der Waals surface area contributed by atoms with Gasteiger partial charge >= 0.3 is 0 Å². The summed E-state index contributed by atoms with van der Waals surface area (Å²) in [6.07, 6.45) is 0.630. The van der Waals surface area contributed by atoms with Crippen LogP contribution in [0.1, 0.15) is 5.56 Å². The molecule has 5 nitrogen and oxygen atoms in total. The Labute approximate surface area is 121 Å². The third-order valence-corrected chi connectivity index (χ3v) is 3.07. The van der Waals surface area contributed by atoms with E-state index in [0.29, 0.717) is 23.8 Å². The molecule has 0 unspecified atom stereocenters. The molecule has 1 amide bonds. The van der Waals surface area contributed by atoms with Gasteiger partial charge in [0.15, 0.2) is 0 Å². The van der Waals surface area contributed by atoms with Crippen molar-refractivity contribution >= 4 is 12.1 Å². The van der Waals surface area contributed by atoms with Crippen molar-refractivity contribution in [2.45, 2.75) is 6.92 Å². The Morgan fingerprint density at radius 2 is 1.90 bits per heavy atom. The van der Waals surface area contributed by atoms with Gasteiger partial charge in [-0.15, -0.1) is 0 Å². The monoisotopic (exact) mass is 279 g/mol. The molecule has 3 rings (SSSR count). The van der Waals surface area contributed by atoms with Gasteiger partial charge in [-0.25, -0.2) is 0 Å². The predicted octanol–water partition coefficient (Wildman–Crippen LogP) is 3.28. The van der Waals surface area contributed by atoms with E-state index in [2.05, 4.69) is 15.5 Å². The number of rotatable bonds is 4. The average Bonchev–Trinajstić information content (AvgIpc) is 2.98. The van der Waals surface area contributed by atoms with E-state index in [1.54, 1.807) is 12.1 Å². The van der Waals surface area contributed by atoms with Gasteiger partial charge in [0.2, 0.25) is 12.2 Å². The molecule has 0 saturated heterocycles. The van der Waals surface area contributed by atoms with Gasteiger partial charge in [0.1, 0.15) is 0 Å². The van der Waals surface area contributed by atoms with E-state index < -0.39 is 0 Å². The maximum atomic E-state index is 10.5. The Morgan fingerprint density at radius 3 is 2.67 bits per heavy atom. The molecule has 0 spiro atoms. The zero-order valence-corrected chi connectivity index (χ0v) is 11.4. The van der Waals surface area contributed by atoms with Gasteiger partial charge in [0.05, 0.1) is 0 Å². The van der Waals surface area contributed by atoms with E-state index >= 15 is 0 Å². The molecule has 0 aliphatic carbocycles. The first kappa shape index (κ1) is 13.1. The van der Waals surface area contributed by atoms with Crippen molar-refractivity contribution in [3.05, 3.63) is 54.1 Å². The van der Waals surface area contributed by atoms with Crippen molar-refractivity contribution in [2.75, 3.05) is 5.32 Å². The molecule has 104 valence electrons. The number of nitrogens with one attached hydrogen (secondary N) is 1. The number of anilines is 1. The number of amides is 1. The van der Waals surface area contributed by atoms with Crippen molar-refractivity contribution in [1.29, 1.82) is 0 Å². The molecule has 0 aliphatic rings. The molecule has 0 bridgehead atoms. The Hall–Kier alpha value is -2.95. The lowest BCUT2D eigenvalue weighted by Gasteiger charge is -1.99. The highest BCUT2D eigenvalue weighted by atomic mass is 16.5. The fraction of sp³-hybridized carbons (Fsp3) is 0.0625. The van der Waals surface area contributed by atoms with Crippen LogP contribution in [-0.4, -0.2) is 16.6 Å². The molecule has 1 N–H and O–H groups in total. The van der Waals surface area contributed by atoms with E-state index in [4.69, 9.17) is 4.52 Å². The number of hydrogen-bond donors (Lipinski definition) is 1. The molecule has 1 heterocycles. The first-order valence-electron chi connectivity index (χ1n) is 6.47. The summed E-state index contributed by atoms with van der Waals surface area (Å²) >= 11 is 0. The number of nitrogens with zero attached hydrogens (tertiary/aromatic N) is 2.